The number of carbonyl (C=O) groups is 2. The van der Waals surface area contributed by atoms with E-state index in [4.69, 9.17) is 4.74 Å². The molecule has 0 aliphatic carbocycles. The lowest BCUT2D eigenvalue weighted by Gasteiger charge is -2.21. The number of halogens is 2. The molecular weight excluding hydrogens is 412 g/mol. The van der Waals surface area contributed by atoms with Crippen LogP contribution in [0.5, 0.6) is 0 Å². The molecule has 0 spiro atoms. The summed E-state index contributed by atoms with van der Waals surface area (Å²) in [7, 11) is 0. The molecule has 0 heterocycles. The first-order valence-corrected chi connectivity index (χ1v) is 9.99. The molecule has 0 fully saturated rings. The van der Waals surface area contributed by atoms with Crippen LogP contribution in [-0.4, -0.2) is 17.5 Å². The maximum Gasteiger partial charge on any atom is 0.340 e. The second-order valence-electron chi connectivity index (χ2n) is 8.16. The van der Waals surface area contributed by atoms with E-state index < -0.39 is 23.2 Å². The molecule has 0 atom stereocenters. The van der Waals surface area contributed by atoms with Crippen LogP contribution in [0.25, 0.3) is 12.2 Å². The van der Waals surface area contributed by atoms with Gasteiger partial charge in [0.1, 0.15) is 17.2 Å². The number of nitrogens with one attached hydrogen (secondary N) is 1. The quantitative estimate of drug-likeness (QED) is 0.376. The van der Waals surface area contributed by atoms with Gasteiger partial charge in [0.05, 0.1) is 11.3 Å². The monoisotopic (exact) mass is 435 g/mol. The molecule has 0 aliphatic rings. The number of hydrogen-bond donors (Lipinski definition) is 1. The lowest BCUT2D eigenvalue weighted by molar-refractivity contribution is 0.00707. The number of rotatable bonds is 5. The van der Waals surface area contributed by atoms with Gasteiger partial charge in [-0.2, -0.15) is 0 Å². The third-order valence-corrected chi connectivity index (χ3v) is 4.30. The topological polar surface area (TPSA) is 55.4 Å². The molecule has 1 amide bonds. The fourth-order valence-corrected chi connectivity index (χ4v) is 2.93. The van der Waals surface area contributed by atoms with Gasteiger partial charge in [-0.3, -0.25) is 4.79 Å². The average Bonchev–Trinajstić information content (AvgIpc) is 2.71. The molecule has 0 saturated heterocycles. The largest absolute Gasteiger partial charge is 0.456 e. The highest BCUT2D eigenvalue weighted by Gasteiger charge is 2.21. The highest BCUT2D eigenvalue weighted by atomic mass is 19.1. The van der Waals surface area contributed by atoms with Crippen molar-refractivity contribution in [3.05, 3.63) is 101 Å². The Balaban J connectivity index is 1.94. The molecule has 0 aliphatic heterocycles. The standard InChI is InChI=1S/C26H23F2NO3/c1-26(2,3)32-25(31)22-12-11-17(9-10-18-13-20(27)16-21(28)14-18)15-23(22)29-24(30)19-7-5-4-6-8-19/h4-16H,1-3H3,(H,29,30)/b10-9+. The molecule has 0 unspecified atom stereocenters. The Morgan fingerprint density at radius 1 is 0.844 bits per heavy atom. The van der Waals surface area contributed by atoms with Crippen molar-refractivity contribution in [2.75, 3.05) is 5.32 Å². The predicted octanol–water partition coefficient (Wildman–Crippen LogP) is 6.34. The summed E-state index contributed by atoms with van der Waals surface area (Å²) in [5, 5.41) is 2.76. The van der Waals surface area contributed by atoms with Gasteiger partial charge in [-0.25, -0.2) is 13.6 Å². The van der Waals surface area contributed by atoms with Crippen LogP contribution in [0.1, 0.15) is 52.6 Å². The normalized spacial score (nSPS) is 11.4. The summed E-state index contributed by atoms with van der Waals surface area (Å²) in [4.78, 5) is 25.4. The van der Waals surface area contributed by atoms with Crippen LogP contribution < -0.4 is 5.32 Å². The molecular formula is C26H23F2NO3. The minimum atomic E-state index is -0.710. The van der Waals surface area contributed by atoms with Crippen LogP contribution in [0, 0.1) is 11.6 Å². The summed E-state index contributed by atoms with van der Waals surface area (Å²) in [6.45, 7) is 5.26. The third-order valence-electron chi connectivity index (χ3n) is 4.30. The first kappa shape index (κ1) is 22.9. The molecule has 32 heavy (non-hydrogen) atoms. The van der Waals surface area contributed by atoms with Crippen LogP contribution in [-0.2, 0) is 4.74 Å². The molecule has 0 radical (unpaired) electrons. The molecule has 0 saturated carbocycles. The molecule has 3 rings (SSSR count). The molecule has 164 valence electrons. The zero-order valence-corrected chi connectivity index (χ0v) is 18.0. The maximum atomic E-state index is 13.4. The number of benzene rings is 3. The van der Waals surface area contributed by atoms with Crippen molar-refractivity contribution in [2.45, 2.75) is 26.4 Å². The first-order valence-electron chi connectivity index (χ1n) is 9.99. The molecule has 0 bridgehead atoms. The summed E-state index contributed by atoms with van der Waals surface area (Å²) < 4.78 is 32.3. The number of amides is 1. The van der Waals surface area contributed by atoms with Crippen molar-refractivity contribution < 1.29 is 23.1 Å². The molecule has 0 aromatic heterocycles. The van der Waals surface area contributed by atoms with Crippen LogP contribution >= 0.6 is 0 Å². The number of anilines is 1. The minimum absolute atomic E-state index is 0.193. The second-order valence-corrected chi connectivity index (χ2v) is 8.16. The first-order chi connectivity index (χ1) is 15.1. The Hall–Kier alpha value is -3.80. The highest BCUT2D eigenvalue weighted by molar-refractivity contribution is 6.08. The van der Waals surface area contributed by atoms with Crippen molar-refractivity contribution >= 4 is 29.7 Å². The Morgan fingerprint density at radius 2 is 1.47 bits per heavy atom. The van der Waals surface area contributed by atoms with Crippen LogP contribution in [0.2, 0.25) is 0 Å². The van der Waals surface area contributed by atoms with Crippen molar-refractivity contribution in [1.82, 2.24) is 0 Å². The van der Waals surface area contributed by atoms with Crippen LogP contribution in [0.4, 0.5) is 14.5 Å². The highest BCUT2D eigenvalue weighted by Crippen LogP contribution is 2.24. The van der Waals surface area contributed by atoms with E-state index in [1.165, 1.54) is 18.2 Å². The van der Waals surface area contributed by atoms with E-state index in [0.29, 0.717) is 16.7 Å². The number of hydrogen-bond acceptors (Lipinski definition) is 3. The van der Waals surface area contributed by atoms with E-state index in [-0.39, 0.29) is 17.2 Å². The average molecular weight is 435 g/mol. The van der Waals surface area contributed by atoms with Gasteiger partial charge in [-0.1, -0.05) is 36.4 Å². The predicted molar refractivity (Wildman–Crippen MR) is 121 cm³/mol. The molecule has 6 heteroatoms. The Bertz CT molecular complexity index is 1150. The van der Waals surface area contributed by atoms with Gasteiger partial charge in [0.25, 0.3) is 5.91 Å². The Kier molecular flexibility index (Phi) is 6.83. The van der Waals surface area contributed by atoms with Crippen LogP contribution in [0.3, 0.4) is 0 Å². The van der Waals surface area contributed by atoms with Crippen molar-refractivity contribution in [2.24, 2.45) is 0 Å². The number of esters is 1. The van der Waals surface area contributed by atoms with Gasteiger partial charge < -0.3 is 10.1 Å². The van der Waals surface area contributed by atoms with E-state index in [1.807, 2.05) is 0 Å². The number of carbonyl (C=O) groups excluding carboxylic acids is 2. The molecule has 4 nitrogen and oxygen atoms in total. The third kappa shape index (κ3) is 6.35. The smallest absolute Gasteiger partial charge is 0.340 e. The van der Waals surface area contributed by atoms with Crippen LogP contribution in [0.15, 0.2) is 66.7 Å². The lowest BCUT2D eigenvalue weighted by atomic mass is 10.1. The Morgan fingerprint density at radius 3 is 2.09 bits per heavy atom. The fraction of sp³-hybridized carbons (Fsp3) is 0.154. The van der Waals surface area contributed by atoms with E-state index in [9.17, 15) is 18.4 Å². The van der Waals surface area contributed by atoms with E-state index in [1.54, 1.807) is 75.4 Å². The Labute approximate surface area is 185 Å². The molecule has 3 aromatic carbocycles. The van der Waals surface area contributed by atoms with Gasteiger partial charge >= 0.3 is 5.97 Å². The van der Waals surface area contributed by atoms with Gasteiger partial charge in [-0.05, 0) is 68.3 Å². The molecule has 1 N–H and O–H groups in total. The van der Waals surface area contributed by atoms with Crippen molar-refractivity contribution in [1.29, 1.82) is 0 Å². The van der Waals surface area contributed by atoms with E-state index in [0.717, 1.165) is 6.07 Å². The summed E-state index contributed by atoms with van der Waals surface area (Å²) in [6.07, 6.45) is 3.17. The van der Waals surface area contributed by atoms with Gasteiger partial charge in [0.2, 0.25) is 0 Å². The molecule has 3 aromatic rings. The van der Waals surface area contributed by atoms with E-state index >= 15 is 0 Å². The maximum absolute atomic E-state index is 13.4. The second kappa shape index (κ2) is 9.56. The summed E-state index contributed by atoms with van der Waals surface area (Å²) in [5.41, 5.74) is 1.13. The van der Waals surface area contributed by atoms with Crippen molar-refractivity contribution in [3.63, 3.8) is 0 Å². The summed E-state index contributed by atoms with van der Waals surface area (Å²) in [6, 6.07) is 16.6. The van der Waals surface area contributed by atoms with Gasteiger partial charge in [0.15, 0.2) is 0 Å². The van der Waals surface area contributed by atoms with Crippen molar-refractivity contribution in [3.8, 4) is 0 Å². The SMILES string of the molecule is CC(C)(C)OC(=O)c1ccc(/C=C/c2cc(F)cc(F)c2)cc1NC(=O)c1ccccc1. The number of ether oxygens (including phenoxy) is 1. The fourth-order valence-electron chi connectivity index (χ4n) is 2.93. The lowest BCUT2D eigenvalue weighted by Crippen LogP contribution is -2.25. The van der Waals surface area contributed by atoms with E-state index in [2.05, 4.69) is 5.32 Å². The van der Waals surface area contributed by atoms with Gasteiger partial charge in [-0.15, -0.1) is 0 Å². The minimum Gasteiger partial charge on any atom is -0.456 e. The van der Waals surface area contributed by atoms with Gasteiger partial charge in [0, 0.05) is 11.6 Å². The summed E-state index contributed by atoms with van der Waals surface area (Å²) >= 11 is 0. The summed E-state index contributed by atoms with van der Waals surface area (Å²) in [5.74, 6) is -2.33. The zero-order valence-electron chi connectivity index (χ0n) is 18.0. The zero-order chi connectivity index (χ0) is 23.3.